The van der Waals surface area contributed by atoms with E-state index in [0.29, 0.717) is 11.2 Å². The van der Waals surface area contributed by atoms with Gasteiger partial charge in [0, 0.05) is 6.42 Å². The molecule has 0 spiro atoms. The van der Waals surface area contributed by atoms with Gasteiger partial charge in [-0.15, -0.1) is 0 Å². The molecule has 0 amide bonds. The molecular formula is C25H38O. The van der Waals surface area contributed by atoms with Crippen molar-refractivity contribution in [2.24, 2.45) is 40.4 Å². The largest absolute Gasteiger partial charge is 0.295 e. The highest BCUT2D eigenvalue weighted by Gasteiger charge is 2.58. The fourth-order valence-electron chi connectivity index (χ4n) is 7.70. The predicted molar refractivity (Wildman–Crippen MR) is 109 cm³/mol. The van der Waals surface area contributed by atoms with Crippen LogP contribution in [0.3, 0.4) is 0 Å². The maximum absolute atomic E-state index is 11.9. The van der Waals surface area contributed by atoms with Gasteiger partial charge in [-0.1, -0.05) is 59.1 Å². The van der Waals surface area contributed by atoms with Crippen molar-refractivity contribution in [3.63, 3.8) is 0 Å². The molecule has 0 N–H and O–H groups in total. The van der Waals surface area contributed by atoms with Crippen LogP contribution in [0.4, 0.5) is 0 Å². The normalized spacial score (nSPS) is 45.5. The van der Waals surface area contributed by atoms with Crippen LogP contribution in [0.5, 0.6) is 0 Å². The third kappa shape index (κ3) is 2.68. The third-order valence-corrected chi connectivity index (χ3v) is 9.29. The van der Waals surface area contributed by atoms with Crippen molar-refractivity contribution in [1.82, 2.24) is 0 Å². The Kier molecular flexibility index (Phi) is 4.73. The Hall–Kier alpha value is -0.850. The summed E-state index contributed by atoms with van der Waals surface area (Å²) in [5.74, 6) is 4.51. The van der Waals surface area contributed by atoms with Gasteiger partial charge in [-0.05, 0) is 84.2 Å². The molecular weight excluding hydrogens is 316 g/mol. The van der Waals surface area contributed by atoms with Gasteiger partial charge in [0.25, 0.3) is 0 Å². The zero-order valence-corrected chi connectivity index (χ0v) is 17.4. The number of unbranched alkanes of at least 4 members (excludes halogenated alkanes) is 1. The third-order valence-electron chi connectivity index (χ3n) is 9.29. The van der Waals surface area contributed by atoms with E-state index in [0.717, 1.165) is 42.4 Å². The molecule has 1 heteroatoms. The van der Waals surface area contributed by atoms with Crippen LogP contribution in [0.15, 0.2) is 23.8 Å². The maximum Gasteiger partial charge on any atom is 0.156 e. The number of ketones is 1. The van der Waals surface area contributed by atoms with Gasteiger partial charge < -0.3 is 0 Å². The molecule has 0 heterocycles. The molecule has 4 rings (SSSR count). The monoisotopic (exact) mass is 354 g/mol. The molecule has 4 aliphatic carbocycles. The van der Waals surface area contributed by atoms with Crippen molar-refractivity contribution in [3.05, 3.63) is 23.8 Å². The topological polar surface area (TPSA) is 17.1 Å². The highest BCUT2D eigenvalue weighted by atomic mass is 16.1. The first-order chi connectivity index (χ1) is 12.4. The predicted octanol–water partition coefficient (Wildman–Crippen LogP) is 6.74. The second-order valence-corrected chi connectivity index (χ2v) is 10.5. The average molecular weight is 355 g/mol. The zero-order valence-electron chi connectivity index (χ0n) is 17.4. The van der Waals surface area contributed by atoms with Crippen molar-refractivity contribution in [1.29, 1.82) is 0 Å². The summed E-state index contributed by atoms with van der Waals surface area (Å²) < 4.78 is 0. The lowest BCUT2D eigenvalue weighted by molar-refractivity contribution is -0.116. The molecule has 2 saturated carbocycles. The molecule has 144 valence electrons. The Bertz CT molecular complexity index is 628. The minimum absolute atomic E-state index is 0.251. The molecule has 0 saturated heterocycles. The van der Waals surface area contributed by atoms with Crippen molar-refractivity contribution >= 4 is 5.78 Å². The van der Waals surface area contributed by atoms with Crippen molar-refractivity contribution in [3.8, 4) is 0 Å². The summed E-state index contributed by atoms with van der Waals surface area (Å²) in [5.41, 5.74) is 2.13. The van der Waals surface area contributed by atoms with Crippen molar-refractivity contribution in [2.45, 2.75) is 85.5 Å². The number of fused-ring (bicyclic) bond motifs is 5. The van der Waals surface area contributed by atoms with Gasteiger partial charge in [0.2, 0.25) is 0 Å². The minimum Gasteiger partial charge on any atom is -0.295 e. The Morgan fingerprint density at radius 3 is 2.73 bits per heavy atom. The molecule has 1 nitrogen and oxygen atoms in total. The minimum atomic E-state index is 0.251. The van der Waals surface area contributed by atoms with Gasteiger partial charge in [-0.2, -0.15) is 0 Å². The lowest BCUT2D eigenvalue weighted by Crippen LogP contribution is -2.49. The SMILES string of the molecule is CCCCC(C)C1CCC2C3C=CC4=CC(=O)CCC4(C)C3CCC12C. The highest BCUT2D eigenvalue weighted by molar-refractivity contribution is 5.92. The summed E-state index contributed by atoms with van der Waals surface area (Å²) in [4.78, 5) is 11.9. The van der Waals surface area contributed by atoms with Crippen LogP contribution >= 0.6 is 0 Å². The quantitative estimate of drug-likeness (QED) is 0.546. The fraction of sp³-hybridized carbons (Fsp3) is 0.800. The lowest BCUT2D eigenvalue weighted by atomic mass is 9.48. The average Bonchev–Trinajstić information content (AvgIpc) is 2.97. The Morgan fingerprint density at radius 1 is 1.15 bits per heavy atom. The number of hydrogen-bond acceptors (Lipinski definition) is 1. The van der Waals surface area contributed by atoms with E-state index in [9.17, 15) is 4.79 Å². The van der Waals surface area contributed by atoms with Gasteiger partial charge in [0.05, 0.1) is 0 Å². The molecule has 0 aliphatic heterocycles. The zero-order chi connectivity index (χ0) is 18.5. The maximum atomic E-state index is 11.9. The number of hydrogen-bond donors (Lipinski definition) is 0. The number of carbonyl (C=O) groups is 1. The molecule has 4 aliphatic rings. The van der Waals surface area contributed by atoms with E-state index in [1.54, 1.807) is 0 Å². The van der Waals surface area contributed by atoms with Gasteiger partial charge >= 0.3 is 0 Å². The first-order valence-corrected chi connectivity index (χ1v) is 11.3. The first kappa shape index (κ1) is 18.5. The number of rotatable bonds is 4. The van der Waals surface area contributed by atoms with Crippen LogP contribution in [0.1, 0.15) is 85.5 Å². The van der Waals surface area contributed by atoms with E-state index in [1.165, 1.54) is 50.5 Å². The molecule has 0 aromatic carbocycles. The molecule has 0 radical (unpaired) electrons. The van der Waals surface area contributed by atoms with Crippen LogP contribution < -0.4 is 0 Å². The van der Waals surface area contributed by atoms with Crippen LogP contribution in [-0.2, 0) is 4.79 Å². The van der Waals surface area contributed by atoms with E-state index in [-0.39, 0.29) is 5.41 Å². The Morgan fingerprint density at radius 2 is 1.96 bits per heavy atom. The summed E-state index contributed by atoms with van der Waals surface area (Å²) in [7, 11) is 0. The second kappa shape index (κ2) is 6.64. The Labute approximate surface area is 160 Å². The molecule has 7 atom stereocenters. The van der Waals surface area contributed by atoms with Crippen LogP contribution in [0, 0.1) is 40.4 Å². The molecule has 0 bridgehead atoms. The van der Waals surface area contributed by atoms with Gasteiger partial charge in [0.15, 0.2) is 5.78 Å². The van der Waals surface area contributed by atoms with Crippen molar-refractivity contribution < 1.29 is 4.79 Å². The smallest absolute Gasteiger partial charge is 0.156 e. The van der Waals surface area contributed by atoms with E-state index in [1.807, 2.05) is 6.08 Å². The van der Waals surface area contributed by atoms with Crippen molar-refractivity contribution in [2.75, 3.05) is 0 Å². The summed E-state index contributed by atoms with van der Waals surface area (Å²) >= 11 is 0. The van der Waals surface area contributed by atoms with Gasteiger partial charge in [-0.3, -0.25) is 4.79 Å². The van der Waals surface area contributed by atoms with E-state index in [2.05, 4.69) is 39.8 Å². The fourth-order valence-corrected chi connectivity index (χ4v) is 7.70. The molecule has 0 aromatic heterocycles. The number of allylic oxidation sites excluding steroid dienone is 4. The summed E-state index contributed by atoms with van der Waals surface area (Å²) in [6, 6.07) is 0. The van der Waals surface area contributed by atoms with Crippen LogP contribution in [0.2, 0.25) is 0 Å². The standard InChI is InChI=1S/C25H38O/c1-5-6-7-17(2)21-10-11-22-20-9-8-18-16-19(26)12-14-24(18,3)23(20)13-15-25(21,22)4/h8-9,16-17,20-23H,5-7,10-15H2,1-4H3. The molecule has 2 fully saturated rings. The van der Waals surface area contributed by atoms with Gasteiger partial charge in [0.1, 0.15) is 0 Å². The molecule has 26 heavy (non-hydrogen) atoms. The van der Waals surface area contributed by atoms with E-state index in [4.69, 9.17) is 0 Å². The molecule has 7 unspecified atom stereocenters. The summed E-state index contributed by atoms with van der Waals surface area (Å²) in [5, 5.41) is 0. The highest BCUT2D eigenvalue weighted by Crippen LogP contribution is 2.66. The van der Waals surface area contributed by atoms with E-state index >= 15 is 0 Å². The Balaban J connectivity index is 1.61. The summed E-state index contributed by atoms with van der Waals surface area (Å²) in [6.45, 7) is 9.96. The second-order valence-electron chi connectivity index (χ2n) is 10.5. The number of carbonyl (C=O) groups excluding carboxylic acids is 1. The summed E-state index contributed by atoms with van der Waals surface area (Å²) in [6.07, 6.45) is 18.5. The molecule has 0 aromatic rings. The van der Waals surface area contributed by atoms with Crippen LogP contribution in [-0.4, -0.2) is 5.78 Å². The van der Waals surface area contributed by atoms with Gasteiger partial charge in [-0.25, -0.2) is 0 Å². The van der Waals surface area contributed by atoms with E-state index < -0.39 is 0 Å². The first-order valence-electron chi connectivity index (χ1n) is 11.3. The van der Waals surface area contributed by atoms with Crippen LogP contribution in [0.25, 0.3) is 0 Å². The lowest BCUT2D eigenvalue weighted by Gasteiger charge is -2.56.